The zero-order chi connectivity index (χ0) is 27.1. The first-order valence-corrected chi connectivity index (χ1v) is 11.9. The summed E-state index contributed by atoms with van der Waals surface area (Å²) in [5.74, 6) is -1.92. The van der Waals surface area contributed by atoms with Crippen LogP contribution in [0.2, 0.25) is 0 Å². The topological polar surface area (TPSA) is 119 Å². The molecule has 0 spiro atoms. The number of anilines is 1. The van der Waals surface area contributed by atoms with E-state index in [2.05, 4.69) is 0 Å². The van der Waals surface area contributed by atoms with E-state index in [0.29, 0.717) is 34.5 Å². The van der Waals surface area contributed by atoms with Gasteiger partial charge in [0.15, 0.2) is 5.75 Å². The molecule has 0 saturated heterocycles. The minimum atomic E-state index is -0.900. The molecule has 0 radical (unpaired) electrons. The number of hydrogen-bond acceptors (Lipinski definition) is 7. The number of hydrogen-bond donors (Lipinski definition) is 1. The van der Waals surface area contributed by atoms with Crippen molar-refractivity contribution in [3.8, 4) is 11.5 Å². The van der Waals surface area contributed by atoms with E-state index in [0.717, 1.165) is 5.57 Å². The summed E-state index contributed by atoms with van der Waals surface area (Å²) < 4.78 is 16.6. The van der Waals surface area contributed by atoms with Crippen LogP contribution in [0.5, 0.6) is 11.5 Å². The van der Waals surface area contributed by atoms with Gasteiger partial charge in [0.05, 0.1) is 13.5 Å². The van der Waals surface area contributed by atoms with Gasteiger partial charge in [-0.05, 0) is 44.4 Å². The number of nitrogens with zero attached hydrogens (tertiary/aromatic N) is 1. The molecule has 196 valence electrons. The lowest BCUT2D eigenvalue weighted by Gasteiger charge is -2.19. The molecule has 2 aromatic carbocycles. The number of carboxylic acids is 1. The van der Waals surface area contributed by atoms with Gasteiger partial charge in [0.1, 0.15) is 17.9 Å². The Morgan fingerprint density at radius 3 is 2.43 bits per heavy atom. The number of carbonyl (C=O) groups is 4. The van der Waals surface area contributed by atoms with Crippen molar-refractivity contribution in [1.29, 1.82) is 0 Å². The summed E-state index contributed by atoms with van der Waals surface area (Å²) in [7, 11) is 3.12. The molecule has 1 aliphatic heterocycles. The van der Waals surface area contributed by atoms with Crippen molar-refractivity contribution in [2.45, 2.75) is 52.6 Å². The average molecular weight is 510 g/mol. The number of para-hydroxylation sites is 1. The lowest BCUT2D eigenvalue weighted by molar-refractivity contribution is -0.137. The number of methoxy groups -OCH3 is 1. The SMILES string of the molecule is COc1c(C)c2c(c(OC(=O)CCC(=O)N(C)c3ccccc3)c1C/C=C(\C)CCC(=O)O)C(=O)OC2. The minimum Gasteiger partial charge on any atom is -0.496 e. The van der Waals surface area contributed by atoms with Gasteiger partial charge in [0.25, 0.3) is 0 Å². The van der Waals surface area contributed by atoms with Crippen LogP contribution in [0.25, 0.3) is 0 Å². The van der Waals surface area contributed by atoms with Crippen LogP contribution in [0, 0.1) is 6.92 Å². The summed E-state index contributed by atoms with van der Waals surface area (Å²) in [5, 5.41) is 8.95. The van der Waals surface area contributed by atoms with Crippen LogP contribution in [0.4, 0.5) is 5.69 Å². The highest BCUT2D eigenvalue weighted by Gasteiger charge is 2.34. The summed E-state index contributed by atoms with van der Waals surface area (Å²) >= 11 is 0. The molecule has 0 atom stereocenters. The lowest BCUT2D eigenvalue weighted by atomic mass is 9.94. The van der Waals surface area contributed by atoms with Gasteiger partial charge >= 0.3 is 17.9 Å². The number of ether oxygens (including phenoxy) is 3. The first-order valence-electron chi connectivity index (χ1n) is 11.9. The van der Waals surface area contributed by atoms with Crippen molar-refractivity contribution in [1.82, 2.24) is 0 Å². The maximum absolute atomic E-state index is 12.9. The average Bonchev–Trinajstić information content (AvgIpc) is 3.28. The summed E-state index contributed by atoms with van der Waals surface area (Å²) in [5.41, 5.74) is 3.47. The van der Waals surface area contributed by atoms with Crippen molar-refractivity contribution in [2.75, 3.05) is 19.1 Å². The summed E-state index contributed by atoms with van der Waals surface area (Å²) in [6, 6.07) is 9.07. The van der Waals surface area contributed by atoms with Gasteiger partial charge in [-0.1, -0.05) is 29.8 Å². The third-order valence-electron chi connectivity index (χ3n) is 6.29. The van der Waals surface area contributed by atoms with E-state index in [1.54, 1.807) is 26.1 Å². The van der Waals surface area contributed by atoms with E-state index in [1.165, 1.54) is 12.0 Å². The maximum atomic E-state index is 12.9. The molecule has 0 saturated carbocycles. The van der Waals surface area contributed by atoms with E-state index in [1.807, 2.05) is 31.2 Å². The van der Waals surface area contributed by atoms with Gasteiger partial charge in [0.2, 0.25) is 5.91 Å². The Balaban J connectivity index is 1.85. The van der Waals surface area contributed by atoms with Gasteiger partial charge in [-0.25, -0.2) is 4.79 Å². The fourth-order valence-electron chi connectivity index (χ4n) is 4.14. The first-order chi connectivity index (χ1) is 17.6. The third kappa shape index (κ3) is 6.55. The highest BCUT2D eigenvalue weighted by Crippen LogP contribution is 2.43. The second kappa shape index (κ2) is 12.2. The number of amides is 1. The molecule has 1 aliphatic rings. The predicted molar refractivity (Wildman–Crippen MR) is 136 cm³/mol. The molecule has 0 fully saturated rings. The Bertz CT molecular complexity index is 1230. The first kappa shape index (κ1) is 27.4. The molecule has 0 aliphatic carbocycles. The Morgan fingerprint density at radius 1 is 1.08 bits per heavy atom. The number of benzene rings is 2. The van der Waals surface area contributed by atoms with E-state index >= 15 is 0 Å². The molecule has 1 heterocycles. The summed E-state index contributed by atoms with van der Waals surface area (Å²) in [6.45, 7) is 3.65. The third-order valence-corrected chi connectivity index (χ3v) is 6.29. The molecule has 9 nitrogen and oxygen atoms in total. The molecule has 37 heavy (non-hydrogen) atoms. The smallest absolute Gasteiger partial charge is 0.342 e. The fourth-order valence-corrected chi connectivity index (χ4v) is 4.14. The summed E-state index contributed by atoms with van der Waals surface area (Å²) in [6.07, 6.45) is 2.14. The minimum absolute atomic E-state index is 0.0116. The molecule has 3 rings (SSSR count). The molecule has 0 unspecified atom stereocenters. The second-order valence-electron chi connectivity index (χ2n) is 8.81. The van der Waals surface area contributed by atoms with Crippen LogP contribution in [0.15, 0.2) is 42.0 Å². The normalized spacial score (nSPS) is 12.5. The number of fused-ring (bicyclic) bond motifs is 1. The Morgan fingerprint density at radius 2 is 1.78 bits per heavy atom. The zero-order valence-corrected chi connectivity index (χ0v) is 21.5. The summed E-state index contributed by atoms with van der Waals surface area (Å²) in [4.78, 5) is 50.5. The quantitative estimate of drug-likeness (QED) is 0.269. The van der Waals surface area contributed by atoms with E-state index < -0.39 is 17.9 Å². The number of esters is 2. The number of carboxylic acid groups (broad SMARTS) is 1. The molecule has 0 bridgehead atoms. The number of carbonyl (C=O) groups excluding carboxylic acids is 3. The largest absolute Gasteiger partial charge is 0.496 e. The van der Waals surface area contributed by atoms with Gasteiger partial charge < -0.3 is 24.2 Å². The van der Waals surface area contributed by atoms with Gasteiger partial charge in [0, 0.05) is 36.7 Å². The Labute approximate surface area is 215 Å². The van der Waals surface area contributed by atoms with Crippen LogP contribution in [-0.4, -0.2) is 43.1 Å². The van der Waals surface area contributed by atoms with E-state index in [9.17, 15) is 19.2 Å². The van der Waals surface area contributed by atoms with E-state index in [4.69, 9.17) is 19.3 Å². The van der Waals surface area contributed by atoms with Gasteiger partial charge in [-0.15, -0.1) is 0 Å². The highest BCUT2D eigenvalue weighted by atomic mass is 16.6. The number of allylic oxidation sites excluding steroid dienone is 2. The Hall–Kier alpha value is -4.14. The zero-order valence-electron chi connectivity index (χ0n) is 21.5. The van der Waals surface area contributed by atoms with Crippen LogP contribution >= 0.6 is 0 Å². The van der Waals surface area contributed by atoms with Crippen LogP contribution in [-0.2, 0) is 32.1 Å². The standard InChI is InChI=1S/C28H31NO8/c1-17(11-14-23(31)32)10-12-20-26(35-4)18(2)21-16-36-28(34)25(21)27(20)37-24(33)15-13-22(30)29(3)19-8-6-5-7-9-19/h5-10H,11-16H2,1-4H3,(H,31,32)/b17-10+. The number of cyclic esters (lactones) is 1. The lowest BCUT2D eigenvalue weighted by Crippen LogP contribution is -2.27. The number of aliphatic carboxylic acids is 1. The Kier molecular flexibility index (Phi) is 9.05. The maximum Gasteiger partial charge on any atom is 0.342 e. The number of rotatable bonds is 11. The second-order valence-corrected chi connectivity index (χ2v) is 8.81. The fraction of sp³-hybridized carbons (Fsp3) is 0.357. The molecule has 1 N–H and O–H groups in total. The van der Waals surface area contributed by atoms with Crippen molar-refractivity contribution in [3.05, 3.63) is 64.2 Å². The van der Waals surface area contributed by atoms with Crippen molar-refractivity contribution in [2.24, 2.45) is 0 Å². The monoisotopic (exact) mass is 509 g/mol. The molecule has 0 aromatic heterocycles. The van der Waals surface area contributed by atoms with Crippen molar-refractivity contribution in [3.63, 3.8) is 0 Å². The van der Waals surface area contributed by atoms with Crippen molar-refractivity contribution >= 4 is 29.5 Å². The highest BCUT2D eigenvalue weighted by molar-refractivity contribution is 5.99. The molecule has 1 amide bonds. The molecule has 2 aromatic rings. The van der Waals surface area contributed by atoms with Gasteiger partial charge in [-0.2, -0.15) is 0 Å². The molecular weight excluding hydrogens is 478 g/mol. The van der Waals surface area contributed by atoms with Crippen LogP contribution < -0.4 is 14.4 Å². The van der Waals surface area contributed by atoms with Crippen LogP contribution in [0.3, 0.4) is 0 Å². The molecule has 9 heteroatoms. The molecular formula is C28H31NO8. The van der Waals surface area contributed by atoms with Crippen LogP contribution in [0.1, 0.15) is 59.7 Å². The van der Waals surface area contributed by atoms with Gasteiger partial charge in [-0.3, -0.25) is 14.4 Å². The predicted octanol–water partition coefficient (Wildman–Crippen LogP) is 4.38. The van der Waals surface area contributed by atoms with Crippen molar-refractivity contribution < 1.29 is 38.5 Å². The van der Waals surface area contributed by atoms with E-state index in [-0.39, 0.29) is 49.5 Å².